The van der Waals surface area contributed by atoms with Gasteiger partial charge < -0.3 is 5.32 Å². The average molecular weight is 375 g/mol. The molecule has 0 aliphatic heterocycles. The summed E-state index contributed by atoms with van der Waals surface area (Å²) in [6, 6.07) is 11.7. The van der Waals surface area contributed by atoms with Crippen molar-refractivity contribution >= 4 is 29.3 Å². The fourth-order valence-electron chi connectivity index (χ4n) is 3.12. The number of carbonyl (C=O) groups is 1. The summed E-state index contributed by atoms with van der Waals surface area (Å²) >= 11 is 7.78. The Hall–Kier alpha value is -1.52. The summed E-state index contributed by atoms with van der Waals surface area (Å²) in [5, 5.41) is 3.87. The molecular weight excluding hydrogens is 352 g/mol. The van der Waals surface area contributed by atoms with Gasteiger partial charge in [0.05, 0.1) is 16.3 Å². The minimum atomic E-state index is 0.0229. The minimum absolute atomic E-state index is 0.0229. The van der Waals surface area contributed by atoms with E-state index in [4.69, 9.17) is 11.6 Å². The fourth-order valence-corrected chi connectivity index (χ4v) is 4.40. The normalized spacial score (nSPS) is 20.2. The Balaban J connectivity index is 1.66. The van der Waals surface area contributed by atoms with E-state index in [0.717, 1.165) is 34.9 Å². The van der Waals surface area contributed by atoms with E-state index < -0.39 is 0 Å². The summed E-state index contributed by atoms with van der Waals surface area (Å²) in [5.41, 5.74) is 1.57. The van der Waals surface area contributed by atoms with Crippen molar-refractivity contribution in [1.29, 1.82) is 0 Å². The molecule has 0 bridgehead atoms. The van der Waals surface area contributed by atoms with Gasteiger partial charge in [0.25, 0.3) is 5.91 Å². The summed E-state index contributed by atoms with van der Waals surface area (Å²) in [5.74, 6) is 1.44. The Kier molecular flexibility index (Phi) is 6.38. The SMILES string of the molecule is CC1CCC(NC(=O)c2ccccc2SCc2ncccc2Cl)CC1. The van der Waals surface area contributed by atoms with Crippen LogP contribution >= 0.6 is 23.4 Å². The van der Waals surface area contributed by atoms with Crippen LogP contribution in [-0.2, 0) is 5.75 Å². The highest BCUT2D eigenvalue weighted by Gasteiger charge is 2.21. The second kappa shape index (κ2) is 8.72. The van der Waals surface area contributed by atoms with Crippen LogP contribution in [0.3, 0.4) is 0 Å². The molecule has 1 aromatic carbocycles. The summed E-state index contributed by atoms with van der Waals surface area (Å²) < 4.78 is 0. The van der Waals surface area contributed by atoms with Crippen molar-refractivity contribution in [3.05, 3.63) is 58.9 Å². The van der Waals surface area contributed by atoms with Crippen LogP contribution in [0.2, 0.25) is 5.02 Å². The average Bonchev–Trinajstić information content (AvgIpc) is 2.63. The van der Waals surface area contributed by atoms with E-state index in [2.05, 4.69) is 17.2 Å². The number of nitrogens with zero attached hydrogens (tertiary/aromatic N) is 1. The molecule has 0 spiro atoms. The molecule has 1 saturated carbocycles. The van der Waals surface area contributed by atoms with Gasteiger partial charge in [-0.1, -0.05) is 30.7 Å². The third-order valence-electron chi connectivity index (χ3n) is 4.68. The third kappa shape index (κ3) is 4.99. The van der Waals surface area contributed by atoms with Crippen molar-refractivity contribution in [3.8, 4) is 0 Å². The van der Waals surface area contributed by atoms with Gasteiger partial charge in [-0.15, -0.1) is 11.8 Å². The molecule has 1 heterocycles. The zero-order valence-corrected chi connectivity index (χ0v) is 15.9. The zero-order valence-electron chi connectivity index (χ0n) is 14.4. The second-order valence-corrected chi connectivity index (χ2v) is 8.07. The number of benzene rings is 1. The Morgan fingerprint density at radius 1 is 1.20 bits per heavy atom. The highest BCUT2D eigenvalue weighted by molar-refractivity contribution is 7.98. The van der Waals surface area contributed by atoms with Crippen molar-refractivity contribution in [2.45, 2.75) is 49.3 Å². The van der Waals surface area contributed by atoms with Crippen LogP contribution in [0, 0.1) is 5.92 Å². The van der Waals surface area contributed by atoms with Gasteiger partial charge in [-0.25, -0.2) is 0 Å². The number of aromatic nitrogens is 1. The van der Waals surface area contributed by atoms with E-state index in [1.54, 1.807) is 18.0 Å². The molecule has 25 heavy (non-hydrogen) atoms. The van der Waals surface area contributed by atoms with Crippen LogP contribution in [0.5, 0.6) is 0 Å². The van der Waals surface area contributed by atoms with Gasteiger partial charge in [0, 0.05) is 22.9 Å². The van der Waals surface area contributed by atoms with Crippen molar-refractivity contribution in [3.63, 3.8) is 0 Å². The van der Waals surface area contributed by atoms with E-state index >= 15 is 0 Å². The quantitative estimate of drug-likeness (QED) is 0.718. The lowest BCUT2D eigenvalue weighted by Crippen LogP contribution is -2.37. The monoisotopic (exact) mass is 374 g/mol. The molecular formula is C20H23ClN2OS. The fraction of sp³-hybridized carbons (Fsp3) is 0.400. The van der Waals surface area contributed by atoms with Crippen LogP contribution in [0.4, 0.5) is 0 Å². The van der Waals surface area contributed by atoms with E-state index in [0.29, 0.717) is 16.8 Å². The Morgan fingerprint density at radius 2 is 1.96 bits per heavy atom. The minimum Gasteiger partial charge on any atom is -0.349 e. The molecule has 2 aromatic rings. The van der Waals surface area contributed by atoms with Crippen LogP contribution in [0.1, 0.15) is 48.7 Å². The number of thioether (sulfide) groups is 1. The van der Waals surface area contributed by atoms with Crippen molar-refractivity contribution in [2.24, 2.45) is 5.92 Å². The van der Waals surface area contributed by atoms with Gasteiger partial charge in [-0.2, -0.15) is 0 Å². The van der Waals surface area contributed by atoms with Crippen LogP contribution < -0.4 is 5.32 Å². The first kappa shape index (κ1) is 18.3. The molecule has 1 aliphatic carbocycles. The summed E-state index contributed by atoms with van der Waals surface area (Å²) in [6.07, 6.45) is 6.28. The molecule has 0 atom stereocenters. The van der Waals surface area contributed by atoms with Crippen molar-refractivity contribution in [1.82, 2.24) is 10.3 Å². The Bertz CT molecular complexity index is 729. The number of rotatable bonds is 5. The van der Waals surface area contributed by atoms with Gasteiger partial charge in [0.15, 0.2) is 0 Å². The molecule has 1 aromatic heterocycles. The molecule has 1 fully saturated rings. The summed E-state index contributed by atoms with van der Waals surface area (Å²) in [4.78, 5) is 18.0. The van der Waals surface area contributed by atoms with E-state index in [1.807, 2.05) is 36.4 Å². The van der Waals surface area contributed by atoms with Gasteiger partial charge in [0.2, 0.25) is 0 Å². The van der Waals surface area contributed by atoms with Crippen molar-refractivity contribution < 1.29 is 4.79 Å². The molecule has 132 valence electrons. The van der Waals surface area contributed by atoms with Gasteiger partial charge in [-0.3, -0.25) is 9.78 Å². The van der Waals surface area contributed by atoms with E-state index in [-0.39, 0.29) is 5.91 Å². The first-order chi connectivity index (χ1) is 12.1. The molecule has 3 nitrogen and oxygen atoms in total. The zero-order chi connectivity index (χ0) is 17.6. The van der Waals surface area contributed by atoms with Crippen LogP contribution in [-0.4, -0.2) is 16.9 Å². The van der Waals surface area contributed by atoms with Crippen LogP contribution in [0.15, 0.2) is 47.5 Å². The maximum absolute atomic E-state index is 12.7. The highest BCUT2D eigenvalue weighted by Crippen LogP contribution is 2.29. The van der Waals surface area contributed by atoms with Gasteiger partial charge in [-0.05, 0) is 55.9 Å². The number of pyridine rings is 1. The smallest absolute Gasteiger partial charge is 0.252 e. The molecule has 1 N–H and O–H groups in total. The standard InChI is InChI=1S/C20H23ClN2OS/c1-14-8-10-15(11-9-14)23-20(24)16-5-2-3-7-19(16)25-13-18-17(21)6-4-12-22-18/h2-7,12,14-15H,8-11,13H2,1H3,(H,23,24). The maximum atomic E-state index is 12.7. The molecule has 5 heteroatoms. The van der Waals surface area contributed by atoms with Crippen molar-refractivity contribution in [2.75, 3.05) is 0 Å². The molecule has 1 aliphatic rings. The number of carbonyl (C=O) groups excluding carboxylic acids is 1. The lowest BCUT2D eigenvalue weighted by molar-refractivity contribution is 0.0920. The lowest BCUT2D eigenvalue weighted by atomic mass is 9.87. The molecule has 0 radical (unpaired) electrons. The summed E-state index contributed by atoms with van der Waals surface area (Å²) in [6.45, 7) is 2.28. The van der Waals surface area contributed by atoms with Crippen LogP contribution in [0.25, 0.3) is 0 Å². The summed E-state index contributed by atoms with van der Waals surface area (Å²) in [7, 11) is 0. The number of hydrogen-bond acceptors (Lipinski definition) is 3. The first-order valence-corrected chi connectivity index (χ1v) is 10.1. The molecule has 0 unspecified atom stereocenters. The Morgan fingerprint density at radius 3 is 2.72 bits per heavy atom. The first-order valence-electron chi connectivity index (χ1n) is 8.75. The molecule has 3 rings (SSSR count). The largest absolute Gasteiger partial charge is 0.349 e. The highest BCUT2D eigenvalue weighted by atomic mass is 35.5. The third-order valence-corrected chi connectivity index (χ3v) is 6.11. The topological polar surface area (TPSA) is 42.0 Å². The predicted molar refractivity (Wildman–Crippen MR) is 104 cm³/mol. The predicted octanol–water partition coefficient (Wildman–Crippen LogP) is 5.34. The lowest BCUT2D eigenvalue weighted by Gasteiger charge is -2.27. The number of amides is 1. The van der Waals surface area contributed by atoms with Gasteiger partial charge in [0.1, 0.15) is 0 Å². The van der Waals surface area contributed by atoms with E-state index in [9.17, 15) is 4.79 Å². The Labute approximate surface area is 158 Å². The van der Waals surface area contributed by atoms with Gasteiger partial charge >= 0.3 is 0 Å². The number of nitrogens with one attached hydrogen (secondary N) is 1. The maximum Gasteiger partial charge on any atom is 0.252 e. The number of hydrogen-bond donors (Lipinski definition) is 1. The van der Waals surface area contributed by atoms with E-state index in [1.165, 1.54) is 12.8 Å². The molecule has 0 saturated heterocycles. The molecule has 1 amide bonds. The second-order valence-electron chi connectivity index (χ2n) is 6.65. The number of halogens is 1.